The monoisotopic (exact) mass is 426 g/mol. The van der Waals surface area contributed by atoms with Gasteiger partial charge in [0.2, 0.25) is 5.88 Å². The summed E-state index contributed by atoms with van der Waals surface area (Å²) in [5, 5.41) is 9.35. The summed E-state index contributed by atoms with van der Waals surface area (Å²) in [5.74, 6) is -1.18. The third-order valence-corrected chi connectivity index (χ3v) is 5.42. The van der Waals surface area contributed by atoms with Crippen molar-refractivity contribution in [2.24, 2.45) is 0 Å². The van der Waals surface area contributed by atoms with Crippen LogP contribution in [0.1, 0.15) is 23.7 Å². The molecule has 3 N–H and O–H groups in total. The standard InChI is InChI=1S/C20H22N6O5/c1-2-14(19(28)29)26-8-7-25(20(26)30)13-5-3-12(4-6-13)24-9-10-31-17-15(18(24)27)16(21)22-11-23-17/h3-6,11,14H,2,7-10H2,1H3,(H,28,29)(H2,21,22,23). The average Bonchev–Trinajstić information content (AvgIpc) is 3.03. The molecule has 1 unspecified atom stereocenters. The Labute approximate surface area is 178 Å². The van der Waals surface area contributed by atoms with Crippen LogP contribution < -0.4 is 20.3 Å². The van der Waals surface area contributed by atoms with Crippen LogP contribution >= 0.6 is 0 Å². The van der Waals surface area contributed by atoms with Gasteiger partial charge in [0.1, 0.15) is 30.4 Å². The van der Waals surface area contributed by atoms with Gasteiger partial charge in [-0.15, -0.1) is 0 Å². The maximum atomic E-state index is 13.0. The number of hydrogen-bond donors (Lipinski definition) is 2. The second-order valence-corrected chi connectivity index (χ2v) is 7.15. The number of aliphatic carboxylic acids is 1. The van der Waals surface area contributed by atoms with Crippen LogP contribution in [0.15, 0.2) is 30.6 Å². The minimum Gasteiger partial charge on any atom is -0.480 e. The number of nitrogens with zero attached hydrogens (tertiary/aromatic N) is 5. The van der Waals surface area contributed by atoms with Gasteiger partial charge in [0.05, 0.1) is 6.54 Å². The third-order valence-electron chi connectivity index (χ3n) is 5.42. The summed E-state index contributed by atoms with van der Waals surface area (Å²) in [4.78, 5) is 49.5. The molecule has 1 atom stereocenters. The number of amides is 3. The number of ether oxygens (including phenoxy) is 1. The quantitative estimate of drug-likeness (QED) is 0.726. The van der Waals surface area contributed by atoms with Crippen LogP contribution in [-0.2, 0) is 4.79 Å². The Morgan fingerprint density at radius 2 is 1.81 bits per heavy atom. The van der Waals surface area contributed by atoms with Crippen molar-refractivity contribution in [3.8, 4) is 5.88 Å². The molecular formula is C20H22N6O5. The maximum Gasteiger partial charge on any atom is 0.326 e. The Kier molecular flexibility index (Phi) is 5.32. The van der Waals surface area contributed by atoms with Crippen molar-refractivity contribution < 1.29 is 24.2 Å². The molecule has 4 rings (SSSR count). The minimum atomic E-state index is -1.02. The van der Waals surface area contributed by atoms with Crippen molar-refractivity contribution in [1.82, 2.24) is 14.9 Å². The van der Waals surface area contributed by atoms with E-state index in [-0.39, 0.29) is 35.8 Å². The molecule has 11 heteroatoms. The van der Waals surface area contributed by atoms with E-state index >= 15 is 0 Å². The summed E-state index contributed by atoms with van der Waals surface area (Å²) in [7, 11) is 0. The highest BCUT2D eigenvalue weighted by Gasteiger charge is 2.37. The lowest BCUT2D eigenvalue weighted by molar-refractivity contribution is -0.142. The van der Waals surface area contributed by atoms with Crippen molar-refractivity contribution >= 4 is 35.1 Å². The Balaban J connectivity index is 1.55. The molecule has 0 radical (unpaired) electrons. The predicted octanol–water partition coefficient (Wildman–Crippen LogP) is 1.20. The molecule has 3 heterocycles. The third kappa shape index (κ3) is 3.58. The zero-order valence-electron chi connectivity index (χ0n) is 16.9. The van der Waals surface area contributed by atoms with Crippen molar-refractivity contribution in [2.75, 3.05) is 41.8 Å². The summed E-state index contributed by atoms with van der Waals surface area (Å²) in [6, 6.07) is 5.71. The molecule has 0 saturated carbocycles. The SMILES string of the molecule is CCC(C(=O)O)N1CCN(c2ccc(N3CCOc4ncnc(N)c4C3=O)cc2)C1=O. The molecular weight excluding hydrogens is 404 g/mol. The number of rotatable bonds is 5. The lowest BCUT2D eigenvalue weighted by Crippen LogP contribution is -2.43. The fraction of sp³-hybridized carbons (Fsp3) is 0.350. The first-order valence-corrected chi connectivity index (χ1v) is 9.88. The van der Waals surface area contributed by atoms with Gasteiger partial charge in [-0.05, 0) is 30.7 Å². The number of carboxylic acids is 1. The number of anilines is 3. The van der Waals surface area contributed by atoms with Gasteiger partial charge in [-0.25, -0.2) is 19.6 Å². The van der Waals surface area contributed by atoms with Crippen molar-refractivity contribution in [3.63, 3.8) is 0 Å². The molecule has 1 aromatic carbocycles. The predicted molar refractivity (Wildman–Crippen MR) is 111 cm³/mol. The molecule has 11 nitrogen and oxygen atoms in total. The number of urea groups is 1. The number of nitrogen functional groups attached to an aromatic ring is 1. The van der Waals surface area contributed by atoms with Crippen molar-refractivity contribution in [2.45, 2.75) is 19.4 Å². The first-order chi connectivity index (χ1) is 14.9. The molecule has 3 amide bonds. The maximum absolute atomic E-state index is 13.0. The van der Waals surface area contributed by atoms with E-state index in [9.17, 15) is 19.5 Å². The van der Waals surface area contributed by atoms with E-state index < -0.39 is 12.0 Å². The topological polar surface area (TPSA) is 142 Å². The van der Waals surface area contributed by atoms with Crippen LogP contribution in [0.5, 0.6) is 5.88 Å². The van der Waals surface area contributed by atoms with Crippen LogP contribution in [0.2, 0.25) is 0 Å². The summed E-state index contributed by atoms with van der Waals surface area (Å²) < 4.78 is 5.53. The number of fused-ring (bicyclic) bond motifs is 1. The Bertz CT molecular complexity index is 1030. The normalized spacial score (nSPS) is 17.3. The second kappa shape index (κ2) is 8.09. The van der Waals surface area contributed by atoms with E-state index in [0.29, 0.717) is 37.4 Å². The summed E-state index contributed by atoms with van der Waals surface area (Å²) in [6.07, 6.45) is 1.58. The number of nitrogens with two attached hydrogens (primary N) is 1. The fourth-order valence-electron chi connectivity index (χ4n) is 3.83. The highest BCUT2D eigenvalue weighted by molar-refractivity contribution is 6.10. The number of hydrogen-bond acceptors (Lipinski definition) is 7. The molecule has 31 heavy (non-hydrogen) atoms. The summed E-state index contributed by atoms with van der Waals surface area (Å²) in [6.45, 7) is 3.00. The smallest absolute Gasteiger partial charge is 0.326 e. The average molecular weight is 426 g/mol. The van der Waals surface area contributed by atoms with Gasteiger partial charge >= 0.3 is 12.0 Å². The van der Waals surface area contributed by atoms with E-state index in [1.807, 2.05) is 0 Å². The van der Waals surface area contributed by atoms with Gasteiger partial charge in [-0.3, -0.25) is 9.69 Å². The minimum absolute atomic E-state index is 0.0465. The molecule has 2 aromatic rings. The molecule has 1 saturated heterocycles. The molecule has 0 bridgehead atoms. The number of carbonyl (C=O) groups is 3. The van der Waals surface area contributed by atoms with Crippen molar-refractivity contribution in [3.05, 3.63) is 36.2 Å². The lowest BCUT2D eigenvalue weighted by Gasteiger charge is -2.24. The molecule has 2 aliphatic rings. The van der Waals surface area contributed by atoms with Crippen LogP contribution in [0.3, 0.4) is 0 Å². The zero-order chi connectivity index (χ0) is 22.1. The van der Waals surface area contributed by atoms with E-state index in [4.69, 9.17) is 10.5 Å². The first kappa shape index (κ1) is 20.4. The second-order valence-electron chi connectivity index (χ2n) is 7.15. The summed E-state index contributed by atoms with van der Waals surface area (Å²) >= 11 is 0. The van der Waals surface area contributed by atoms with E-state index in [1.165, 1.54) is 21.0 Å². The lowest BCUT2D eigenvalue weighted by atomic mass is 10.2. The summed E-state index contributed by atoms with van der Waals surface area (Å²) in [5.41, 5.74) is 7.21. The zero-order valence-corrected chi connectivity index (χ0v) is 16.9. The largest absolute Gasteiger partial charge is 0.480 e. The van der Waals surface area contributed by atoms with E-state index in [2.05, 4.69) is 9.97 Å². The van der Waals surface area contributed by atoms with Gasteiger partial charge in [-0.2, -0.15) is 0 Å². The highest BCUT2D eigenvalue weighted by Crippen LogP contribution is 2.30. The number of benzene rings is 1. The molecule has 0 spiro atoms. The Morgan fingerprint density at radius 3 is 2.45 bits per heavy atom. The fourth-order valence-corrected chi connectivity index (χ4v) is 3.83. The van der Waals surface area contributed by atoms with Crippen LogP contribution in [0, 0.1) is 0 Å². The van der Waals surface area contributed by atoms with Gasteiger partial charge in [0, 0.05) is 24.5 Å². The van der Waals surface area contributed by atoms with Gasteiger partial charge in [-0.1, -0.05) is 6.92 Å². The number of aromatic nitrogens is 2. The van der Waals surface area contributed by atoms with Gasteiger partial charge in [0.25, 0.3) is 5.91 Å². The molecule has 0 aliphatic carbocycles. The molecule has 1 fully saturated rings. The Morgan fingerprint density at radius 1 is 1.13 bits per heavy atom. The van der Waals surface area contributed by atoms with Crippen LogP contribution in [-0.4, -0.2) is 70.2 Å². The molecule has 1 aromatic heterocycles. The van der Waals surface area contributed by atoms with Crippen molar-refractivity contribution in [1.29, 1.82) is 0 Å². The molecule has 2 aliphatic heterocycles. The number of carboxylic acid groups (broad SMARTS) is 1. The van der Waals surface area contributed by atoms with Crippen LogP contribution in [0.25, 0.3) is 0 Å². The van der Waals surface area contributed by atoms with Gasteiger partial charge < -0.3 is 25.4 Å². The van der Waals surface area contributed by atoms with E-state index in [1.54, 1.807) is 31.2 Å². The number of carbonyl (C=O) groups excluding carboxylic acids is 2. The van der Waals surface area contributed by atoms with E-state index in [0.717, 1.165) is 0 Å². The first-order valence-electron chi connectivity index (χ1n) is 9.88. The van der Waals surface area contributed by atoms with Crippen LogP contribution in [0.4, 0.5) is 22.0 Å². The van der Waals surface area contributed by atoms with Gasteiger partial charge in [0.15, 0.2) is 0 Å². The molecule has 162 valence electrons. The highest BCUT2D eigenvalue weighted by atomic mass is 16.5. The Hall–Kier alpha value is -3.89.